The predicted octanol–water partition coefficient (Wildman–Crippen LogP) is 4.88. The first kappa shape index (κ1) is 17.6. The molecule has 2 aromatic rings. The molecule has 0 spiro atoms. The van der Waals surface area contributed by atoms with Gasteiger partial charge in [-0.3, -0.25) is 0 Å². The van der Waals surface area contributed by atoms with Crippen LogP contribution in [-0.2, 0) is 6.18 Å². The smallest absolute Gasteiger partial charge is 0.419 e. The molecule has 1 N–H and O–H groups in total. The van der Waals surface area contributed by atoms with E-state index in [2.05, 4.69) is 5.32 Å². The third-order valence-electron chi connectivity index (χ3n) is 4.19. The summed E-state index contributed by atoms with van der Waals surface area (Å²) in [5.41, 5.74) is -0.791. The van der Waals surface area contributed by atoms with Crippen molar-refractivity contribution in [1.82, 2.24) is 5.32 Å². The Hall–Kier alpha value is -2.21. The number of hydrogen-bond donors (Lipinski definition) is 1. The van der Waals surface area contributed by atoms with Crippen molar-refractivity contribution >= 4 is 0 Å². The molecule has 0 amide bonds. The van der Waals surface area contributed by atoms with E-state index >= 15 is 0 Å². The van der Waals surface area contributed by atoms with Crippen molar-refractivity contribution in [3.63, 3.8) is 0 Å². The largest absolute Gasteiger partial charge is 0.493 e. The number of hydrogen-bond acceptors (Lipinski definition) is 3. The summed E-state index contributed by atoms with van der Waals surface area (Å²) in [7, 11) is 0. The van der Waals surface area contributed by atoms with Gasteiger partial charge in [-0.2, -0.15) is 13.2 Å². The van der Waals surface area contributed by atoms with Crippen LogP contribution in [0.4, 0.5) is 13.2 Å². The summed E-state index contributed by atoms with van der Waals surface area (Å²) in [5, 5.41) is 3.31. The molecule has 1 aliphatic heterocycles. The Balaban J connectivity index is 1.61. The molecule has 3 rings (SSSR count). The number of alkyl halides is 3. The van der Waals surface area contributed by atoms with Gasteiger partial charge in [-0.15, -0.1) is 0 Å². The molecule has 134 valence electrons. The Bertz CT molecular complexity index is 680. The highest BCUT2D eigenvalue weighted by Gasteiger charge is 2.34. The summed E-state index contributed by atoms with van der Waals surface area (Å²) in [6.07, 6.45) is -2.26. The minimum atomic E-state index is -4.45. The van der Waals surface area contributed by atoms with Gasteiger partial charge in [0.2, 0.25) is 0 Å². The zero-order valence-electron chi connectivity index (χ0n) is 13.7. The highest BCUT2D eigenvalue weighted by Crippen LogP contribution is 2.38. The molecule has 2 aromatic carbocycles. The molecule has 3 nitrogen and oxygen atoms in total. The fourth-order valence-corrected chi connectivity index (χ4v) is 2.78. The normalized spacial score (nSPS) is 15.8. The molecule has 1 fully saturated rings. The Morgan fingerprint density at radius 2 is 1.56 bits per heavy atom. The van der Waals surface area contributed by atoms with Gasteiger partial charge in [-0.05, 0) is 68.2 Å². The molecule has 0 radical (unpaired) electrons. The average Bonchev–Trinajstić information content (AvgIpc) is 2.62. The van der Waals surface area contributed by atoms with Crippen LogP contribution in [0.1, 0.15) is 18.4 Å². The molecule has 1 aliphatic rings. The number of halogens is 3. The summed E-state index contributed by atoms with van der Waals surface area (Å²) in [6.45, 7) is 2.68. The lowest BCUT2D eigenvalue weighted by Gasteiger charge is -2.22. The summed E-state index contributed by atoms with van der Waals surface area (Å²) in [4.78, 5) is 0. The molecule has 0 unspecified atom stereocenters. The summed E-state index contributed by atoms with van der Waals surface area (Å²) in [5.74, 6) is 1.36. The van der Waals surface area contributed by atoms with E-state index in [1.165, 1.54) is 18.2 Å². The van der Waals surface area contributed by atoms with E-state index in [9.17, 15) is 13.2 Å². The van der Waals surface area contributed by atoms with Crippen molar-refractivity contribution in [3.05, 3.63) is 54.1 Å². The Morgan fingerprint density at radius 3 is 2.24 bits per heavy atom. The van der Waals surface area contributed by atoms with Gasteiger partial charge in [-0.1, -0.05) is 12.1 Å². The monoisotopic (exact) mass is 351 g/mol. The maximum Gasteiger partial charge on any atom is 0.419 e. The predicted molar refractivity (Wildman–Crippen MR) is 89.0 cm³/mol. The minimum Gasteiger partial charge on any atom is -0.493 e. The SMILES string of the molecule is FC(F)(F)c1ccccc1Oc1ccc(OCC2CCNCC2)cc1. The van der Waals surface area contributed by atoms with E-state index in [4.69, 9.17) is 9.47 Å². The molecule has 6 heteroatoms. The fraction of sp³-hybridized carbons (Fsp3) is 0.368. The molecule has 0 aromatic heterocycles. The van der Waals surface area contributed by atoms with E-state index in [0.717, 1.165) is 32.0 Å². The molecule has 1 heterocycles. The van der Waals surface area contributed by atoms with Crippen LogP contribution in [-0.4, -0.2) is 19.7 Å². The summed E-state index contributed by atoms with van der Waals surface area (Å²) in [6, 6.07) is 11.8. The first-order valence-corrected chi connectivity index (χ1v) is 8.30. The van der Waals surface area contributed by atoms with Crippen LogP contribution in [0.3, 0.4) is 0 Å². The number of piperidine rings is 1. The quantitative estimate of drug-likeness (QED) is 0.833. The van der Waals surface area contributed by atoms with Crippen LogP contribution in [0.25, 0.3) is 0 Å². The second kappa shape index (κ2) is 7.78. The molecule has 0 saturated carbocycles. The molecule has 0 aliphatic carbocycles. The van der Waals surface area contributed by atoms with Gasteiger partial charge in [0.25, 0.3) is 0 Å². The molecular formula is C19H20F3NO2. The zero-order chi connectivity index (χ0) is 17.7. The maximum absolute atomic E-state index is 13.0. The second-order valence-corrected chi connectivity index (χ2v) is 6.07. The molecule has 0 bridgehead atoms. The van der Waals surface area contributed by atoms with Crippen LogP contribution in [0, 0.1) is 5.92 Å². The highest BCUT2D eigenvalue weighted by atomic mass is 19.4. The van der Waals surface area contributed by atoms with Crippen molar-refractivity contribution in [2.45, 2.75) is 19.0 Å². The van der Waals surface area contributed by atoms with Crippen molar-refractivity contribution in [2.24, 2.45) is 5.92 Å². The molecule has 0 atom stereocenters. The Labute approximate surface area is 144 Å². The van der Waals surface area contributed by atoms with Crippen LogP contribution >= 0.6 is 0 Å². The van der Waals surface area contributed by atoms with Gasteiger partial charge in [0.15, 0.2) is 0 Å². The highest BCUT2D eigenvalue weighted by molar-refractivity contribution is 5.40. The summed E-state index contributed by atoms with van der Waals surface area (Å²) < 4.78 is 50.1. The van der Waals surface area contributed by atoms with E-state index in [1.807, 2.05) is 0 Å². The van der Waals surface area contributed by atoms with Gasteiger partial charge in [0, 0.05) is 0 Å². The van der Waals surface area contributed by atoms with E-state index < -0.39 is 11.7 Å². The Kier molecular flexibility index (Phi) is 5.48. The lowest BCUT2D eigenvalue weighted by atomic mass is 9.99. The fourth-order valence-electron chi connectivity index (χ4n) is 2.78. The van der Waals surface area contributed by atoms with Gasteiger partial charge >= 0.3 is 6.18 Å². The number of para-hydroxylation sites is 1. The Morgan fingerprint density at radius 1 is 0.920 bits per heavy atom. The summed E-state index contributed by atoms with van der Waals surface area (Å²) >= 11 is 0. The number of ether oxygens (including phenoxy) is 2. The van der Waals surface area contributed by atoms with Crippen molar-refractivity contribution in [2.75, 3.05) is 19.7 Å². The van der Waals surface area contributed by atoms with Gasteiger partial charge in [0.05, 0.1) is 12.2 Å². The van der Waals surface area contributed by atoms with E-state index in [-0.39, 0.29) is 5.75 Å². The van der Waals surface area contributed by atoms with Gasteiger partial charge in [0.1, 0.15) is 17.2 Å². The standard InChI is InChI=1S/C19H20F3NO2/c20-19(21,22)17-3-1-2-4-18(17)25-16-7-5-15(6-8-16)24-13-14-9-11-23-12-10-14/h1-8,14,23H,9-13H2. The topological polar surface area (TPSA) is 30.5 Å². The molecule has 25 heavy (non-hydrogen) atoms. The van der Waals surface area contributed by atoms with Crippen LogP contribution < -0.4 is 14.8 Å². The van der Waals surface area contributed by atoms with Crippen molar-refractivity contribution in [1.29, 1.82) is 0 Å². The van der Waals surface area contributed by atoms with Crippen molar-refractivity contribution < 1.29 is 22.6 Å². The number of benzene rings is 2. The van der Waals surface area contributed by atoms with Gasteiger partial charge in [-0.25, -0.2) is 0 Å². The third-order valence-corrected chi connectivity index (χ3v) is 4.19. The lowest BCUT2D eigenvalue weighted by Crippen LogP contribution is -2.30. The lowest BCUT2D eigenvalue weighted by molar-refractivity contribution is -0.138. The first-order chi connectivity index (χ1) is 12.0. The van der Waals surface area contributed by atoms with Crippen molar-refractivity contribution in [3.8, 4) is 17.2 Å². The number of nitrogens with one attached hydrogen (secondary N) is 1. The van der Waals surface area contributed by atoms with E-state index in [1.54, 1.807) is 24.3 Å². The second-order valence-electron chi connectivity index (χ2n) is 6.07. The first-order valence-electron chi connectivity index (χ1n) is 8.30. The molecule has 1 saturated heterocycles. The van der Waals surface area contributed by atoms with Crippen LogP contribution in [0.15, 0.2) is 48.5 Å². The maximum atomic E-state index is 13.0. The van der Waals surface area contributed by atoms with E-state index in [0.29, 0.717) is 24.0 Å². The molecular weight excluding hydrogens is 331 g/mol. The minimum absolute atomic E-state index is 0.210. The number of rotatable bonds is 5. The average molecular weight is 351 g/mol. The zero-order valence-corrected chi connectivity index (χ0v) is 13.7. The third kappa shape index (κ3) is 4.89. The van der Waals surface area contributed by atoms with Gasteiger partial charge < -0.3 is 14.8 Å². The van der Waals surface area contributed by atoms with Crippen LogP contribution in [0.5, 0.6) is 17.2 Å². The van der Waals surface area contributed by atoms with Crippen LogP contribution in [0.2, 0.25) is 0 Å².